The molecule has 1 aromatic heterocycles. The predicted molar refractivity (Wildman–Crippen MR) is 76.1 cm³/mol. The first-order chi connectivity index (χ1) is 8.77. The van der Waals surface area contributed by atoms with Crippen LogP contribution in [0, 0.1) is 0 Å². The van der Waals surface area contributed by atoms with Crippen molar-refractivity contribution >= 4 is 28.6 Å². The average Bonchev–Trinajstić information content (AvgIpc) is 2.81. The van der Waals surface area contributed by atoms with E-state index in [0.717, 1.165) is 41.1 Å². The highest BCUT2D eigenvalue weighted by Crippen LogP contribution is 2.22. The Kier molecular flexibility index (Phi) is 3.04. The molecule has 1 fully saturated rings. The summed E-state index contributed by atoms with van der Waals surface area (Å²) >= 11 is 1.92. The minimum absolute atomic E-state index is 0.173. The quantitative estimate of drug-likeness (QED) is 0.786. The van der Waals surface area contributed by atoms with Crippen LogP contribution in [-0.2, 0) is 7.05 Å². The van der Waals surface area contributed by atoms with Gasteiger partial charge < -0.3 is 9.47 Å². The lowest BCUT2D eigenvalue weighted by Crippen LogP contribution is -2.37. The van der Waals surface area contributed by atoms with Crippen molar-refractivity contribution in [2.75, 3.05) is 24.6 Å². The third-order valence-electron chi connectivity index (χ3n) is 3.46. The topological polar surface area (TPSA) is 25.2 Å². The van der Waals surface area contributed by atoms with E-state index in [1.807, 2.05) is 48.1 Å². The number of hydrogen-bond acceptors (Lipinski definition) is 2. The van der Waals surface area contributed by atoms with Gasteiger partial charge in [-0.3, -0.25) is 4.79 Å². The van der Waals surface area contributed by atoms with E-state index in [-0.39, 0.29) is 5.91 Å². The number of nitrogens with zero attached hydrogens (tertiary/aromatic N) is 2. The molecule has 0 unspecified atom stereocenters. The molecule has 18 heavy (non-hydrogen) atoms. The van der Waals surface area contributed by atoms with Crippen LogP contribution in [0.3, 0.4) is 0 Å². The minimum atomic E-state index is 0.173. The van der Waals surface area contributed by atoms with E-state index in [2.05, 4.69) is 10.6 Å². The standard InChI is InChI=1S/C14H16N2OS/c1-15-6-5-11-12(3-2-4-13(11)15)14(17)16-7-9-18-10-8-16/h2-6H,7-10H2,1H3. The van der Waals surface area contributed by atoms with Crippen molar-refractivity contribution in [3.05, 3.63) is 36.0 Å². The number of aryl methyl sites for hydroxylation is 1. The molecule has 4 heteroatoms. The van der Waals surface area contributed by atoms with E-state index in [0.29, 0.717) is 0 Å². The van der Waals surface area contributed by atoms with Gasteiger partial charge in [0.1, 0.15) is 0 Å². The van der Waals surface area contributed by atoms with Gasteiger partial charge in [0.05, 0.1) is 0 Å². The predicted octanol–water partition coefficient (Wildman–Crippen LogP) is 2.37. The zero-order valence-corrected chi connectivity index (χ0v) is 11.2. The van der Waals surface area contributed by atoms with Crippen LogP contribution in [0.25, 0.3) is 10.9 Å². The SMILES string of the molecule is Cn1ccc2c(C(=O)N3CCSCC3)cccc21. The van der Waals surface area contributed by atoms with Crippen LogP contribution in [-0.4, -0.2) is 40.0 Å². The minimum Gasteiger partial charge on any atom is -0.351 e. The fraction of sp³-hybridized carbons (Fsp3) is 0.357. The first-order valence-corrected chi connectivity index (χ1v) is 7.34. The van der Waals surface area contributed by atoms with Crippen molar-refractivity contribution in [2.24, 2.45) is 7.05 Å². The van der Waals surface area contributed by atoms with Crippen molar-refractivity contribution in [1.82, 2.24) is 9.47 Å². The Morgan fingerprint density at radius 2 is 2.00 bits per heavy atom. The largest absolute Gasteiger partial charge is 0.351 e. The molecule has 0 atom stereocenters. The van der Waals surface area contributed by atoms with Gasteiger partial charge in [0.2, 0.25) is 0 Å². The molecule has 1 aliphatic rings. The molecule has 3 rings (SSSR count). The summed E-state index contributed by atoms with van der Waals surface area (Å²) < 4.78 is 2.05. The molecule has 1 saturated heterocycles. The van der Waals surface area contributed by atoms with Gasteiger partial charge >= 0.3 is 0 Å². The van der Waals surface area contributed by atoms with Gasteiger partial charge in [0, 0.05) is 54.3 Å². The van der Waals surface area contributed by atoms with Gasteiger partial charge in [0.15, 0.2) is 0 Å². The van der Waals surface area contributed by atoms with Crippen LogP contribution in [0.4, 0.5) is 0 Å². The third-order valence-corrected chi connectivity index (χ3v) is 4.40. The van der Waals surface area contributed by atoms with E-state index >= 15 is 0 Å². The molecular weight excluding hydrogens is 244 g/mol. The first kappa shape index (κ1) is 11.7. The van der Waals surface area contributed by atoms with E-state index in [1.54, 1.807) is 0 Å². The van der Waals surface area contributed by atoms with Crippen LogP contribution in [0.5, 0.6) is 0 Å². The number of hydrogen-bond donors (Lipinski definition) is 0. The van der Waals surface area contributed by atoms with Gasteiger partial charge in [-0.25, -0.2) is 0 Å². The molecule has 94 valence electrons. The van der Waals surface area contributed by atoms with Crippen molar-refractivity contribution in [1.29, 1.82) is 0 Å². The molecule has 1 aliphatic heterocycles. The molecule has 0 bridgehead atoms. The van der Waals surface area contributed by atoms with Gasteiger partial charge in [0.25, 0.3) is 5.91 Å². The molecule has 2 heterocycles. The number of thioether (sulfide) groups is 1. The Labute approximate surface area is 111 Å². The molecular formula is C14H16N2OS. The van der Waals surface area contributed by atoms with Crippen molar-refractivity contribution in [3.8, 4) is 0 Å². The highest BCUT2D eigenvalue weighted by Gasteiger charge is 2.20. The lowest BCUT2D eigenvalue weighted by molar-refractivity contribution is 0.0774. The van der Waals surface area contributed by atoms with Gasteiger partial charge in [-0.15, -0.1) is 0 Å². The fourth-order valence-corrected chi connectivity index (χ4v) is 3.33. The third kappa shape index (κ3) is 1.90. The molecule has 1 aromatic carbocycles. The van der Waals surface area contributed by atoms with Crippen LogP contribution in [0.2, 0.25) is 0 Å². The fourth-order valence-electron chi connectivity index (χ4n) is 2.43. The molecule has 1 amide bonds. The van der Waals surface area contributed by atoms with Crippen LogP contribution >= 0.6 is 11.8 Å². The number of rotatable bonds is 1. The Balaban J connectivity index is 2.00. The van der Waals surface area contributed by atoms with Crippen molar-refractivity contribution in [2.45, 2.75) is 0 Å². The number of carbonyl (C=O) groups is 1. The summed E-state index contributed by atoms with van der Waals surface area (Å²) in [6, 6.07) is 7.99. The first-order valence-electron chi connectivity index (χ1n) is 6.18. The number of carbonyl (C=O) groups excluding carboxylic acids is 1. The molecule has 0 saturated carbocycles. The monoisotopic (exact) mass is 260 g/mol. The van der Waals surface area contributed by atoms with Gasteiger partial charge in [-0.1, -0.05) is 6.07 Å². The van der Waals surface area contributed by atoms with Crippen LogP contribution in [0.1, 0.15) is 10.4 Å². The maximum Gasteiger partial charge on any atom is 0.254 e. The summed E-state index contributed by atoms with van der Waals surface area (Å²) in [5.41, 5.74) is 1.95. The molecule has 0 aliphatic carbocycles. The maximum absolute atomic E-state index is 12.5. The molecule has 2 aromatic rings. The summed E-state index contributed by atoms with van der Waals surface area (Å²) in [7, 11) is 2.01. The summed E-state index contributed by atoms with van der Waals surface area (Å²) in [6.45, 7) is 1.74. The van der Waals surface area contributed by atoms with E-state index < -0.39 is 0 Å². The number of aromatic nitrogens is 1. The highest BCUT2D eigenvalue weighted by atomic mass is 32.2. The zero-order chi connectivity index (χ0) is 12.5. The van der Waals surface area contributed by atoms with E-state index in [1.165, 1.54) is 0 Å². The second kappa shape index (κ2) is 4.69. The van der Waals surface area contributed by atoms with Gasteiger partial charge in [-0.05, 0) is 18.2 Å². The lowest BCUT2D eigenvalue weighted by atomic mass is 10.1. The summed E-state index contributed by atoms with van der Waals surface area (Å²) in [6.07, 6.45) is 2.01. The lowest BCUT2D eigenvalue weighted by Gasteiger charge is -2.26. The van der Waals surface area contributed by atoms with E-state index in [9.17, 15) is 4.79 Å². The normalized spacial score (nSPS) is 16.2. The summed E-state index contributed by atoms with van der Waals surface area (Å²) in [5, 5.41) is 1.06. The maximum atomic E-state index is 12.5. The van der Waals surface area contributed by atoms with Crippen LogP contribution in [0.15, 0.2) is 30.5 Å². The van der Waals surface area contributed by atoms with Crippen molar-refractivity contribution < 1.29 is 4.79 Å². The molecule has 3 nitrogen and oxygen atoms in total. The van der Waals surface area contributed by atoms with Crippen LogP contribution < -0.4 is 0 Å². The number of benzene rings is 1. The van der Waals surface area contributed by atoms with Crippen molar-refractivity contribution in [3.63, 3.8) is 0 Å². The average molecular weight is 260 g/mol. The Bertz CT molecular complexity index is 584. The summed E-state index contributed by atoms with van der Waals surface area (Å²) in [5.74, 6) is 2.28. The smallest absolute Gasteiger partial charge is 0.254 e. The summed E-state index contributed by atoms with van der Waals surface area (Å²) in [4.78, 5) is 14.5. The number of amides is 1. The zero-order valence-electron chi connectivity index (χ0n) is 10.4. The van der Waals surface area contributed by atoms with Gasteiger partial charge in [-0.2, -0.15) is 11.8 Å². The Hall–Kier alpha value is -1.42. The Morgan fingerprint density at radius 3 is 2.78 bits per heavy atom. The second-order valence-electron chi connectivity index (χ2n) is 4.57. The highest BCUT2D eigenvalue weighted by molar-refractivity contribution is 7.99. The van der Waals surface area contributed by atoms with E-state index in [4.69, 9.17) is 0 Å². The number of fused-ring (bicyclic) bond motifs is 1. The molecule has 0 spiro atoms. The molecule has 0 radical (unpaired) electrons. The molecule has 0 N–H and O–H groups in total. The second-order valence-corrected chi connectivity index (χ2v) is 5.79. The Morgan fingerprint density at radius 1 is 1.22 bits per heavy atom.